The third-order valence-corrected chi connectivity index (χ3v) is 6.79. The predicted molar refractivity (Wildman–Crippen MR) is 130 cm³/mol. The van der Waals surface area contributed by atoms with Gasteiger partial charge in [0, 0.05) is 18.0 Å². The van der Waals surface area contributed by atoms with Crippen molar-refractivity contribution in [1.29, 1.82) is 0 Å². The first kappa shape index (κ1) is 23.2. The number of ether oxygens (including phenoxy) is 2. The number of amides is 1. The Hall–Kier alpha value is -3.59. The molecule has 2 heterocycles. The van der Waals surface area contributed by atoms with Gasteiger partial charge in [0.1, 0.15) is 18.4 Å². The number of nitrogens with zero attached hydrogens (tertiary/aromatic N) is 1. The summed E-state index contributed by atoms with van der Waals surface area (Å²) in [6.45, 7) is 0.467. The van der Waals surface area contributed by atoms with Gasteiger partial charge >= 0.3 is 0 Å². The molecule has 4 N–H and O–H groups in total. The smallest absolute Gasteiger partial charge is 0.242 e. The number of phenolic OH excluding ortho intramolecular Hbond substituents is 1. The fourth-order valence-electron chi connectivity index (χ4n) is 5.20. The first-order chi connectivity index (χ1) is 17.1. The fourth-order valence-corrected chi connectivity index (χ4v) is 5.20. The number of nitrogens with one attached hydrogen (secondary N) is 2. The molecule has 2 aliphatic heterocycles. The van der Waals surface area contributed by atoms with Crippen LogP contribution in [0.25, 0.3) is 0 Å². The Labute approximate surface area is 204 Å². The van der Waals surface area contributed by atoms with Gasteiger partial charge in [0.25, 0.3) is 0 Å². The highest BCUT2D eigenvalue weighted by Crippen LogP contribution is 2.49. The Kier molecular flexibility index (Phi) is 6.59. The Bertz CT molecular complexity index is 1190. The van der Waals surface area contributed by atoms with Crippen LogP contribution >= 0.6 is 0 Å². The number of carbonyl (C=O) groups excluding carboxylic acids is 1. The van der Waals surface area contributed by atoms with Crippen molar-refractivity contribution < 1.29 is 24.5 Å². The summed E-state index contributed by atoms with van der Waals surface area (Å²) >= 11 is 0. The molecule has 0 radical (unpaired) electrons. The predicted octanol–water partition coefficient (Wildman–Crippen LogP) is 2.69. The lowest BCUT2D eigenvalue weighted by Gasteiger charge is -2.31. The number of benzene rings is 3. The molecule has 8 heteroatoms. The molecule has 182 valence electrons. The molecular formula is C27H29N3O5. The largest absolute Gasteiger partial charge is 0.508 e. The molecular weight excluding hydrogens is 446 g/mol. The van der Waals surface area contributed by atoms with Gasteiger partial charge in [-0.05, 0) is 29.3 Å². The minimum atomic E-state index is -0.490. The zero-order valence-corrected chi connectivity index (χ0v) is 19.4. The van der Waals surface area contributed by atoms with Crippen molar-refractivity contribution in [2.24, 2.45) is 5.92 Å². The number of hydrogen-bond acceptors (Lipinski definition) is 7. The molecule has 35 heavy (non-hydrogen) atoms. The highest BCUT2D eigenvalue weighted by atomic mass is 16.5. The monoisotopic (exact) mass is 475 g/mol. The molecule has 0 aliphatic carbocycles. The van der Waals surface area contributed by atoms with Gasteiger partial charge in [0.2, 0.25) is 5.91 Å². The topological polar surface area (TPSA) is 103 Å². The molecule has 2 saturated heterocycles. The van der Waals surface area contributed by atoms with E-state index in [-0.39, 0.29) is 42.8 Å². The second kappa shape index (κ2) is 9.95. The van der Waals surface area contributed by atoms with Crippen molar-refractivity contribution >= 4 is 5.91 Å². The highest BCUT2D eigenvalue weighted by Gasteiger charge is 2.55. The number of fused-ring (bicyclic) bond motifs is 1. The minimum Gasteiger partial charge on any atom is -0.508 e. The summed E-state index contributed by atoms with van der Waals surface area (Å²) in [6, 6.07) is 21.6. The van der Waals surface area contributed by atoms with Crippen molar-refractivity contribution in [2.75, 3.05) is 20.3 Å². The van der Waals surface area contributed by atoms with Gasteiger partial charge in [0.05, 0.1) is 25.8 Å². The van der Waals surface area contributed by atoms with Gasteiger partial charge in [-0.2, -0.15) is 0 Å². The number of aliphatic hydroxyl groups is 1. The normalized spacial score (nSPS) is 23.4. The van der Waals surface area contributed by atoms with Gasteiger partial charge in [-0.15, -0.1) is 0 Å². The molecule has 3 aromatic carbocycles. The third-order valence-electron chi connectivity index (χ3n) is 6.79. The summed E-state index contributed by atoms with van der Waals surface area (Å²) in [6.07, 6.45) is 0. The van der Waals surface area contributed by atoms with Crippen LogP contribution in [-0.2, 0) is 11.4 Å². The molecule has 3 aromatic rings. The van der Waals surface area contributed by atoms with Crippen molar-refractivity contribution in [3.63, 3.8) is 0 Å². The van der Waals surface area contributed by atoms with Gasteiger partial charge in [0.15, 0.2) is 11.5 Å². The van der Waals surface area contributed by atoms with Gasteiger partial charge in [-0.25, -0.2) is 10.9 Å². The first-order valence-electron chi connectivity index (χ1n) is 11.7. The number of likely N-dealkylation sites (tertiary alicyclic amines) is 1. The Balaban J connectivity index is 1.48. The van der Waals surface area contributed by atoms with Crippen LogP contribution < -0.4 is 20.3 Å². The average molecular weight is 476 g/mol. The maximum Gasteiger partial charge on any atom is 0.242 e. The number of aromatic hydroxyl groups is 1. The van der Waals surface area contributed by atoms with E-state index >= 15 is 0 Å². The lowest BCUT2D eigenvalue weighted by atomic mass is 9.83. The van der Waals surface area contributed by atoms with Crippen LogP contribution in [-0.4, -0.2) is 47.3 Å². The number of phenols is 1. The molecule has 2 fully saturated rings. The SMILES string of the molecule is COc1cc(C2C3C(NNC3c3ccccc3O)C(=O)N2CCO)ccc1OCc1ccccc1. The number of aliphatic hydroxyl groups excluding tert-OH is 1. The number of hydrogen-bond donors (Lipinski definition) is 4. The van der Waals surface area contributed by atoms with E-state index in [2.05, 4.69) is 10.9 Å². The van der Waals surface area contributed by atoms with Crippen LogP contribution in [0.2, 0.25) is 0 Å². The summed E-state index contributed by atoms with van der Waals surface area (Å²) in [7, 11) is 1.59. The van der Waals surface area contributed by atoms with E-state index in [1.165, 1.54) is 0 Å². The summed E-state index contributed by atoms with van der Waals surface area (Å²) in [4.78, 5) is 15.0. The number of carbonyl (C=O) groups is 1. The van der Waals surface area contributed by atoms with Crippen molar-refractivity contribution in [2.45, 2.75) is 24.7 Å². The van der Waals surface area contributed by atoms with Crippen molar-refractivity contribution in [3.05, 3.63) is 89.5 Å². The van der Waals surface area contributed by atoms with Gasteiger partial charge in [-0.3, -0.25) is 4.79 Å². The molecule has 5 rings (SSSR count). The number of β-amino-alcohol motifs (C(OH)–C–C–N with tert-alkyl or cyclic N) is 1. The highest BCUT2D eigenvalue weighted by molar-refractivity contribution is 5.86. The molecule has 1 amide bonds. The second-order valence-corrected chi connectivity index (χ2v) is 8.76. The fraction of sp³-hybridized carbons (Fsp3) is 0.296. The zero-order chi connectivity index (χ0) is 24.4. The van der Waals surface area contributed by atoms with E-state index in [4.69, 9.17) is 9.47 Å². The average Bonchev–Trinajstić information content (AvgIpc) is 3.43. The lowest BCUT2D eigenvalue weighted by Crippen LogP contribution is -2.42. The van der Waals surface area contributed by atoms with Crippen LogP contribution in [0.5, 0.6) is 17.2 Å². The number of para-hydroxylation sites is 1. The van der Waals surface area contributed by atoms with Crippen molar-refractivity contribution in [1.82, 2.24) is 15.8 Å². The van der Waals surface area contributed by atoms with E-state index in [1.54, 1.807) is 24.1 Å². The van der Waals surface area contributed by atoms with E-state index in [0.29, 0.717) is 23.7 Å². The lowest BCUT2D eigenvalue weighted by molar-refractivity contribution is -0.131. The van der Waals surface area contributed by atoms with Crippen LogP contribution in [0, 0.1) is 5.92 Å². The minimum absolute atomic E-state index is 0.0946. The Morgan fingerprint density at radius 2 is 1.69 bits per heavy atom. The van der Waals surface area contributed by atoms with Crippen molar-refractivity contribution in [3.8, 4) is 17.2 Å². The van der Waals surface area contributed by atoms with Gasteiger partial charge in [-0.1, -0.05) is 54.6 Å². The summed E-state index contributed by atoms with van der Waals surface area (Å²) in [5, 5.41) is 20.2. The maximum atomic E-state index is 13.3. The Morgan fingerprint density at radius 1 is 0.943 bits per heavy atom. The molecule has 4 atom stereocenters. The third kappa shape index (κ3) is 4.32. The molecule has 0 aromatic heterocycles. The summed E-state index contributed by atoms with van der Waals surface area (Å²) in [5.74, 6) is 1.03. The van der Waals surface area contributed by atoms with E-state index in [9.17, 15) is 15.0 Å². The maximum absolute atomic E-state index is 13.3. The molecule has 2 aliphatic rings. The quantitative estimate of drug-likeness (QED) is 0.397. The van der Waals surface area contributed by atoms with E-state index < -0.39 is 6.04 Å². The number of rotatable bonds is 8. The number of methoxy groups -OCH3 is 1. The molecule has 8 nitrogen and oxygen atoms in total. The zero-order valence-electron chi connectivity index (χ0n) is 19.4. The molecule has 4 unspecified atom stereocenters. The van der Waals surface area contributed by atoms with E-state index in [1.807, 2.05) is 60.7 Å². The van der Waals surface area contributed by atoms with E-state index in [0.717, 1.165) is 11.1 Å². The Morgan fingerprint density at radius 3 is 2.43 bits per heavy atom. The molecule has 0 spiro atoms. The standard InChI is InChI=1S/C27H29N3O5/c1-34-22-15-18(11-12-21(22)35-16-17-7-3-2-4-8-17)26-23-24(19-9-5-6-10-20(19)32)28-29-25(23)27(33)30(26)13-14-31/h2-12,15,23-26,28-29,31-32H,13-14,16H2,1H3. The summed E-state index contributed by atoms with van der Waals surface area (Å²) < 4.78 is 11.7. The van der Waals surface area contributed by atoms with Crippen LogP contribution in [0.15, 0.2) is 72.8 Å². The van der Waals surface area contributed by atoms with Crippen LogP contribution in [0.3, 0.4) is 0 Å². The van der Waals surface area contributed by atoms with Crippen LogP contribution in [0.1, 0.15) is 28.8 Å². The number of hydrazine groups is 1. The second-order valence-electron chi connectivity index (χ2n) is 8.76. The van der Waals surface area contributed by atoms with Crippen LogP contribution in [0.4, 0.5) is 0 Å². The molecule has 0 bridgehead atoms. The summed E-state index contributed by atoms with van der Waals surface area (Å²) in [5.41, 5.74) is 8.96. The van der Waals surface area contributed by atoms with Gasteiger partial charge < -0.3 is 24.6 Å². The molecule has 0 saturated carbocycles. The first-order valence-corrected chi connectivity index (χ1v) is 11.7.